The highest BCUT2D eigenvalue weighted by molar-refractivity contribution is 7.89. The van der Waals surface area contributed by atoms with Gasteiger partial charge < -0.3 is 10.1 Å². The maximum atomic E-state index is 12.6. The Labute approximate surface area is 183 Å². The maximum Gasteiger partial charge on any atom is 0.248 e. The highest BCUT2D eigenvalue weighted by Gasteiger charge is 2.21. The molecule has 0 aliphatic heterocycles. The van der Waals surface area contributed by atoms with Crippen LogP contribution in [0.2, 0.25) is 0 Å². The molecule has 0 spiro atoms. The number of rotatable bonds is 10. The van der Waals surface area contributed by atoms with Crippen LogP contribution in [0.1, 0.15) is 46.0 Å². The second-order valence-electron chi connectivity index (χ2n) is 7.53. The quantitative estimate of drug-likeness (QED) is 0.529. The fraction of sp³-hybridized carbons (Fsp3) is 0.524. The van der Waals surface area contributed by atoms with E-state index in [1.165, 1.54) is 41.9 Å². The zero-order valence-corrected chi connectivity index (χ0v) is 18.8. The monoisotopic (exact) mass is 447 g/mol. The van der Waals surface area contributed by atoms with Crippen molar-refractivity contribution in [3.63, 3.8) is 0 Å². The standard InChI is InChI=1S/C21H29N5O4S/c1-3-26(4-2)31(28,29)18-12-10-17(11-13-18)23-21-22-14-19(25-27)20(24-21)30-15-16-8-6-5-7-9-16/h10-14,16H,3-9,15H2,1-2H3,(H,22,23,24). The van der Waals surface area contributed by atoms with Gasteiger partial charge in [-0.25, -0.2) is 13.4 Å². The normalized spacial score (nSPS) is 15.1. The van der Waals surface area contributed by atoms with Crippen molar-refractivity contribution in [1.29, 1.82) is 0 Å². The molecular weight excluding hydrogens is 418 g/mol. The van der Waals surface area contributed by atoms with E-state index in [0.29, 0.717) is 31.3 Å². The predicted octanol–water partition coefficient (Wildman–Crippen LogP) is 4.61. The van der Waals surface area contributed by atoms with Gasteiger partial charge in [0.05, 0.1) is 17.7 Å². The molecule has 3 rings (SSSR count). The third kappa shape index (κ3) is 5.76. The molecule has 10 heteroatoms. The van der Waals surface area contributed by atoms with Crippen molar-refractivity contribution in [3.05, 3.63) is 35.4 Å². The number of hydrogen-bond acceptors (Lipinski definition) is 8. The van der Waals surface area contributed by atoms with Crippen LogP contribution in [-0.2, 0) is 10.0 Å². The highest BCUT2D eigenvalue weighted by Crippen LogP contribution is 2.29. The van der Waals surface area contributed by atoms with Crippen molar-refractivity contribution in [3.8, 4) is 5.88 Å². The lowest BCUT2D eigenvalue weighted by Crippen LogP contribution is -2.30. The molecule has 1 saturated carbocycles. The van der Waals surface area contributed by atoms with Crippen LogP contribution in [0.15, 0.2) is 40.5 Å². The van der Waals surface area contributed by atoms with Gasteiger partial charge in [-0.15, -0.1) is 4.91 Å². The number of nitroso groups, excluding NO2 is 1. The van der Waals surface area contributed by atoms with Gasteiger partial charge in [-0.2, -0.15) is 9.29 Å². The molecule has 1 aromatic heterocycles. The van der Waals surface area contributed by atoms with Gasteiger partial charge in [0, 0.05) is 18.8 Å². The first-order valence-corrected chi connectivity index (χ1v) is 12.1. The van der Waals surface area contributed by atoms with E-state index in [4.69, 9.17) is 4.74 Å². The Morgan fingerprint density at radius 1 is 1.13 bits per heavy atom. The molecule has 0 saturated heterocycles. The summed E-state index contributed by atoms with van der Waals surface area (Å²) in [6.07, 6.45) is 7.20. The van der Waals surface area contributed by atoms with Crippen LogP contribution in [0.25, 0.3) is 0 Å². The zero-order valence-electron chi connectivity index (χ0n) is 18.0. The average Bonchev–Trinajstić information content (AvgIpc) is 2.79. The SMILES string of the molecule is CCN(CC)S(=O)(=O)c1ccc(Nc2ncc(N=O)c(OCC3CCCCC3)n2)cc1. The van der Waals surface area contributed by atoms with Gasteiger partial charge in [-0.05, 0) is 48.2 Å². The fourth-order valence-electron chi connectivity index (χ4n) is 3.69. The van der Waals surface area contributed by atoms with Crippen molar-refractivity contribution in [2.24, 2.45) is 11.1 Å². The van der Waals surface area contributed by atoms with Gasteiger partial charge >= 0.3 is 0 Å². The fourth-order valence-corrected chi connectivity index (χ4v) is 5.15. The van der Waals surface area contributed by atoms with E-state index in [9.17, 15) is 13.3 Å². The van der Waals surface area contributed by atoms with Crippen LogP contribution in [0.4, 0.5) is 17.3 Å². The number of nitrogens with zero attached hydrogens (tertiary/aromatic N) is 4. The van der Waals surface area contributed by atoms with Crippen molar-refractivity contribution < 1.29 is 13.2 Å². The lowest BCUT2D eigenvalue weighted by molar-refractivity contribution is 0.203. The molecule has 0 atom stereocenters. The first kappa shape index (κ1) is 23.1. The zero-order chi connectivity index (χ0) is 22.3. The maximum absolute atomic E-state index is 12.6. The summed E-state index contributed by atoms with van der Waals surface area (Å²) in [7, 11) is -3.52. The van der Waals surface area contributed by atoms with E-state index in [2.05, 4.69) is 20.5 Å². The number of benzene rings is 1. The largest absolute Gasteiger partial charge is 0.476 e. The summed E-state index contributed by atoms with van der Waals surface area (Å²) in [5.74, 6) is 0.851. The molecule has 0 unspecified atom stereocenters. The van der Waals surface area contributed by atoms with Gasteiger partial charge in [-0.3, -0.25) is 0 Å². The molecule has 1 N–H and O–H groups in total. The predicted molar refractivity (Wildman–Crippen MR) is 119 cm³/mol. The van der Waals surface area contributed by atoms with Gasteiger partial charge in [0.15, 0.2) is 5.69 Å². The number of hydrogen-bond donors (Lipinski definition) is 1. The molecule has 168 valence electrons. The minimum atomic E-state index is -3.52. The van der Waals surface area contributed by atoms with E-state index in [1.54, 1.807) is 26.0 Å². The third-order valence-corrected chi connectivity index (χ3v) is 7.53. The number of sulfonamides is 1. The second-order valence-corrected chi connectivity index (χ2v) is 9.47. The van der Waals surface area contributed by atoms with Crippen molar-refractivity contribution in [1.82, 2.24) is 14.3 Å². The summed E-state index contributed by atoms with van der Waals surface area (Å²) < 4.78 is 32.4. The molecule has 31 heavy (non-hydrogen) atoms. The van der Waals surface area contributed by atoms with Crippen molar-refractivity contribution in [2.75, 3.05) is 25.0 Å². The summed E-state index contributed by atoms with van der Waals surface area (Å²) in [4.78, 5) is 19.7. The summed E-state index contributed by atoms with van der Waals surface area (Å²) in [5.41, 5.74) is 0.672. The van der Waals surface area contributed by atoms with Crippen molar-refractivity contribution >= 4 is 27.3 Å². The van der Waals surface area contributed by atoms with E-state index in [1.807, 2.05) is 0 Å². The molecule has 1 aromatic carbocycles. The van der Waals surface area contributed by atoms with Crippen LogP contribution in [0, 0.1) is 10.8 Å². The molecule has 0 bridgehead atoms. The third-order valence-electron chi connectivity index (χ3n) is 5.47. The van der Waals surface area contributed by atoms with Crippen LogP contribution in [0.3, 0.4) is 0 Å². The Balaban J connectivity index is 1.71. The summed E-state index contributed by atoms with van der Waals surface area (Å²) >= 11 is 0. The van der Waals surface area contributed by atoms with Crippen LogP contribution in [0.5, 0.6) is 5.88 Å². The molecule has 9 nitrogen and oxygen atoms in total. The van der Waals surface area contributed by atoms with Gasteiger partial charge in [0.25, 0.3) is 0 Å². The van der Waals surface area contributed by atoms with E-state index in [0.717, 1.165) is 12.8 Å². The summed E-state index contributed by atoms with van der Waals surface area (Å²) in [6.45, 7) is 4.93. The minimum absolute atomic E-state index is 0.0574. The summed E-state index contributed by atoms with van der Waals surface area (Å²) in [6, 6.07) is 6.37. The molecular formula is C21H29N5O4S. The number of anilines is 2. The Bertz CT molecular complexity index is 972. The molecule has 0 amide bonds. The lowest BCUT2D eigenvalue weighted by atomic mass is 9.90. The lowest BCUT2D eigenvalue weighted by Gasteiger charge is -2.21. The number of aromatic nitrogens is 2. The van der Waals surface area contributed by atoms with Gasteiger partial charge in [-0.1, -0.05) is 33.1 Å². The van der Waals surface area contributed by atoms with Crippen molar-refractivity contribution in [2.45, 2.75) is 50.8 Å². The highest BCUT2D eigenvalue weighted by atomic mass is 32.2. The Morgan fingerprint density at radius 3 is 2.42 bits per heavy atom. The Kier molecular flexibility index (Phi) is 7.91. The molecule has 0 radical (unpaired) electrons. The molecule has 1 aliphatic rings. The minimum Gasteiger partial charge on any atom is -0.476 e. The number of ether oxygens (including phenoxy) is 1. The van der Waals surface area contributed by atoms with E-state index < -0.39 is 10.0 Å². The first-order chi connectivity index (χ1) is 15.0. The van der Waals surface area contributed by atoms with Crippen LogP contribution in [-0.4, -0.2) is 42.4 Å². The smallest absolute Gasteiger partial charge is 0.248 e. The van der Waals surface area contributed by atoms with Crippen LogP contribution < -0.4 is 10.1 Å². The summed E-state index contributed by atoms with van der Waals surface area (Å²) in [5, 5.41) is 5.97. The van der Waals surface area contributed by atoms with E-state index >= 15 is 0 Å². The number of nitrogens with one attached hydrogen (secondary N) is 1. The van der Waals surface area contributed by atoms with Gasteiger partial charge in [0.1, 0.15) is 0 Å². The average molecular weight is 448 g/mol. The van der Waals surface area contributed by atoms with Gasteiger partial charge in [0.2, 0.25) is 21.9 Å². The molecule has 1 aliphatic carbocycles. The topological polar surface area (TPSA) is 114 Å². The van der Waals surface area contributed by atoms with Crippen LogP contribution >= 0.6 is 0 Å². The van der Waals surface area contributed by atoms with E-state index in [-0.39, 0.29) is 22.4 Å². The second kappa shape index (κ2) is 10.6. The Hall–Kier alpha value is -2.59. The molecule has 2 aromatic rings. The Morgan fingerprint density at radius 2 is 1.81 bits per heavy atom. The first-order valence-electron chi connectivity index (χ1n) is 10.7. The molecule has 1 fully saturated rings. The molecule has 1 heterocycles.